The smallest absolute Gasteiger partial charge is 0.257 e. The summed E-state index contributed by atoms with van der Waals surface area (Å²) in [6.07, 6.45) is 4.09. The van der Waals surface area contributed by atoms with E-state index in [0.717, 1.165) is 5.82 Å². The second-order valence-corrected chi connectivity index (χ2v) is 5.93. The van der Waals surface area contributed by atoms with E-state index in [-0.39, 0.29) is 21.8 Å². The van der Waals surface area contributed by atoms with Crippen LogP contribution in [0.4, 0.5) is 4.39 Å². The molecule has 0 atom stereocenters. The van der Waals surface area contributed by atoms with Crippen molar-refractivity contribution >= 4 is 17.5 Å². The van der Waals surface area contributed by atoms with Gasteiger partial charge in [0.05, 0.1) is 10.6 Å². The van der Waals surface area contributed by atoms with Gasteiger partial charge in [0.1, 0.15) is 28.7 Å². The molecule has 0 radical (unpaired) electrons. The SMILES string of the molecule is Cc1onc(-c2c(F)cccc2Cl)c1C(=O)NCCc1nccn1C. The average molecular weight is 363 g/mol. The van der Waals surface area contributed by atoms with E-state index in [1.54, 1.807) is 13.1 Å². The highest BCUT2D eigenvalue weighted by Crippen LogP contribution is 2.33. The van der Waals surface area contributed by atoms with Crippen molar-refractivity contribution in [3.63, 3.8) is 0 Å². The summed E-state index contributed by atoms with van der Waals surface area (Å²) in [5, 5.41) is 6.77. The number of nitrogens with one attached hydrogen (secondary N) is 1. The number of benzene rings is 1. The summed E-state index contributed by atoms with van der Waals surface area (Å²) in [4.78, 5) is 16.7. The number of hydrogen-bond donors (Lipinski definition) is 1. The van der Waals surface area contributed by atoms with E-state index in [4.69, 9.17) is 16.1 Å². The van der Waals surface area contributed by atoms with Crippen molar-refractivity contribution in [2.75, 3.05) is 6.54 Å². The van der Waals surface area contributed by atoms with Crippen LogP contribution in [0.2, 0.25) is 5.02 Å². The highest BCUT2D eigenvalue weighted by Gasteiger charge is 2.25. The zero-order valence-electron chi connectivity index (χ0n) is 13.7. The molecule has 0 aliphatic heterocycles. The monoisotopic (exact) mass is 362 g/mol. The molecule has 0 aliphatic carbocycles. The normalized spacial score (nSPS) is 10.9. The van der Waals surface area contributed by atoms with E-state index in [1.165, 1.54) is 18.2 Å². The molecule has 3 rings (SSSR count). The number of aromatic nitrogens is 3. The number of carbonyl (C=O) groups excluding carboxylic acids is 1. The number of imidazole rings is 1. The van der Waals surface area contributed by atoms with Crippen LogP contribution in [-0.2, 0) is 13.5 Å². The van der Waals surface area contributed by atoms with Gasteiger partial charge in [-0.3, -0.25) is 4.79 Å². The van der Waals surface area contributed by atoms with E-state index >= 15 is 0 Å². The first-order valence-corrected chi connectivity index (χ1v) is 8.02. The predicted molar refractivity (Wildman–Crippen MR) is 90.9 cm³/mol. The fourth-order valence-corrected chi connectivity index (χ4v) is 2.80. The van der Waals surface area contributed by atoms with Crippen molar-refractivity contribution in [1.29, 1.82) is 0 Å². The van der Waals surface area contributed by atoms with Crippen LogP contribution < -0.4 is 5.32 Å². The molecular weight excluding hydrogens is 347 g/mol. The van der Waals surface area contributed by atoms with Crippen molar-refractivity contribution in [2.45, 2.75) is 13.3 Å². The van der Waals surface area contributed by atoms with Gasteiger partial charge >= 0.3 is 0 Å². The summed E-state index contributed by atoms with van der Waals surface area (Å²) in [6, 6.07) is 4.28. The standard InChI is InChI=1S/C17H16ClFN4O2/c1-10-14(17(24)21-7-6-13-20-8-9-23(13)2)16(22-25-10)15-11(18)4-3-5-12(15)19/h3-5,8-9H,6-7H2,1-2H3,(H,21,24). The molecule has 1 aromatic carbocycles. The van der Waals surface area contributed by atoms with Crippen LogP contribution in [0.3, 0.4) is 0 Å². The molecule has 0 saturated carbocycles. The first-order valence-electron chi connectivity index (χ1n) is 7.64. The van der Waals surface area contributed by atoms with Crippen molar-refractivity contribution in [3.05, 3.63) is 58.6 Å². The summed E-state index contributed by atoms with van der Waals surface area (Å²) < 4.78 is 21.1. The van der Waals surface area contributed by atoms with E-state index in [9.17, 15) is 9.18 Å². The topological polar surface area (TPSA) is 73.0 Å². The molecule has 0 bridgehead atoms. The lowest BCUT2D eigenvalue weighted by Crippen LogP contribution is -2.27. The van der Waals surface area contributed by atoms with Crippen LogP contribution in [0, 0.1) is 12.7 Å². The lowest BCUT2D eigenvalue weighted by atomic mass is 10.0. The molecule has 2 heterocycles. The third-order valence-electron chi connectivity index (χ3n) is 3.84. The number of hydrogen-bond acceptors (Lipinski definition) is 4. The maximum absolute atomic E-state index is 14.2. The highest BCUT2D eigenvalue weighted by molar-refractivity contribution is 6.33. The van der Waals surface area contributed by atoms with Crippen molar-refractivity contribution in [3.8, 4) is 11.3 Å². The van der Waals surface area contributed by atoms with Gasteiger partial charge in [0, 0.05) is 32.4 Å². The summed E-state index contributed by atoms with van der Waals surface area (Å²) in [6.45, 7) is 1.97. The molecule has 0 aliphatic rings. The third-order valence-corrected chi connectivity index (χ3v) is 4.16. The van der Waals surface area contributed by atoms with Crippen LogP contribution in [0.25, 0.3) is 11.3 Å². The molecule has 1 amide bonds. The minimum absolute atomic E-state index is 0.0512. The van der Waals surface area contributed by atoms with Gasteiger partial charge in [-0.05, 0) is 19.1 Å². The van der Waals surface area contributed by atoms with Gasteiger partial charge in [-0.2, -0.15) is 0 Å². The lowest BCUT2D eigenvalue weighted by molar-refractivity contribution is 0.0953. The Kier molecular flexibility index (Phi) is 4.85. The predicted octanol–water partition coefficient (Wildman–Crippen LogP) is 3.15. The Labute approximate surface area is 148 Å². The second kappa shape index (κ2) is 7.06. The van der Waals surface area contributed by atoms with Crippen molar-refractivity contribution < 1.29 is 13.7 Å². The minimum Gasteiger partial charge on any atom is -0.360 e. The quantitative estimate of drug-likeness (QED) is 0.756. The van der Waals surface area contributed by atoms with Crippen molar-refractivity contribution in [1.82, 2.24) is 20.0 Å². The lowest BCUT2D eigenvalue weighted by Gasteiger charge is -2.07. The van der Waals surface area contributed by atoms with Crippen LogP contribution >= 0.6 is 11.6 Å². The van der Waals surface area contributed by atoms with E-state index in [1.807, 2.05) is 17.8 Å². The first-order chi connectivity index (χ1) is 12.0. The van der Waals surface area contributed by atoms with Crippen LogP contribution in [0.1, 0.15) is 21.9 Å². The van der Waals surface area contributed by atoms with Crippen molar-refractivity contribution in [2.24, 2.45) is 7.05 Å². The number of aryl methyl sites for hydroxylation is 2. The van der Waals surface area contributed by atoms with Gasteiger partial charge in [-0.1, -0.05) is 22.8 Å². The molecule has 0 unspecified atom stereocenters. The third kappa shape index (κ3) is 3.41. The molecule has 3 aromatic rings. The number of halogens is 2. The number of amides is 1. The first kappa shape index (κ1) is 17.2. The zero-order chi connectivity index (χ0) is 18.0. The number of nitrogens with zero attached hydrogens (tertiary/aromatic N) is 3. The van der Waals surface area contributed by atoms with Gasteiger partial charge in [0.25, 0.3) is 5.91 Å². The fraction of sp³-hybridized carbons (Fsp3) is 0.235. The molecule has 8 heteroatoms. The molecule has 0 fully saturated rings. The number of rotatable bonds is 5. The summed E-state index contributed by atoms with van der Waals surface area (Å²) in [5.74, 6) is 0.175. The molecule has 0 saturated heterocycles. The van der Waals surface area contributed by atoms with Crippen LogP contribution in [0.5, 0.6) is 0 Å². The zero-order valence-corrected chi connectivity index (χ0v) is 14.5. The van der Waals surface area contributed by atoms with Gasteiger partial charge < -0.3 is 14.4 Å². The summed E-state index contributed by atoms with van der Waals surface area (Å²) in [5.41, 5.74) is 0.317. The Hall–Kier alpha value is -2.67. The Morgan fingerprint density at radius 2 is 2.24 bits per heavy atom. The molecular formula is C17H16ClFN4O2. The van der Waals surface area contributed by atoms with Gasteiger partial charge in [-0.25, -0.2) is 9.37 Å². The van der Waals surface area contributed by atoms with Gasteiger partial charge in [0.15, 0.2) is 0 Å². The maximum atomic E-state index is 14.2. The Balaban J connectivity index is 1.82. The number of carbonyl (C=O) groups is 1. The van der Waals surface area contributed by atoms with E-state index < -0.39 is 11.7 Å². The Morgan fingerprint density at radius 3 is 2.92 bits per heavy atom. The van der Waals surface area contributed by atoms with Gasteiger partial charge in [-0.15, -0.1) is 0 Å². The molecule has 0 spiro atoms. The second-order valence-electron chi connectivity index (χ2n) is 5.52. The van der Waals surface area contributed by atoms with Crippen LogP contribution in [0.15, 0.2) is 35.1 Å². The average Bonchev–Trinajstić information content (AvgIpc) is 3.14. The fourth-order valence-electron chi connectivity index (χ4n) is 2.55. The molecule has 6 nitrogen and oxygen atoms in total. The van der Waals surface area contributed by atoms with Crippen LogP contribution in [-0.4, -0.2) is 27.2 Å². The minimum atomic E-state index is -0.567. The Morgan fingerprint density at radius 1 is 1.44 bits per heavy atom. The Bertz CT molecular complexity index is 899. The highest BCUT2D eigenvalue weighted by atomic mass is 35.5. The maximum Gasteiger partial charge on any atom is 0.257 e. The van der Waals surface area contributed by atoms with E-state index in [2.05, 4.69) is 15.5 Å². The van der Waals surface area contributed by atoms with Gasteiger partial charge in [0.2, 0.25) is 0 Å². The largest absolute Gasteiger partial charge is 0.360 e. The summed E-state index contributed by atoms with van der Waals surface area (Å²) >= 11 is 6.07. The van der Waals surface area contributed by atoms with E-state index in [0.29, 0.717) is 18.7 Å². The molecule has 1 N–H and O–H groups in total. The molecule has 2 aromatic heterocycles. The molecule has 130 valence electrons. The summed E-state index contributed by atoms with van der Waals surface area (Å²) in [7, 11) is 1.88. The molecule has 25 heavy (non-hydrogen) atoms.